The van der Waals surface area contributed by atoms with E-state index in [1.807, 2.05) is 28.1 Å². The number of unbranched alkanes of at least 4 members (excludes halogenated alkanes) is 1. The van der Waals surface area contributed by atoms with Gasteiger partial charge in [-0.2, -0.15) is 0 Å². The third-order valence-corrected chi connectivity index (χ3v) is 3.64. The molecule has 0 aliphatic heterocycles. The van der Waals surface area contributed by atoms with Crippen LogP contribution in [0.4, 0.5) is 0 Å². The average Bonchev–Trinajstić information content (AvgIpc) is 2.57. The van der Waals surface area contributed by atoms with Crippen molar-refractivity contribution in [2.45, 2.75) is 45.4 Å². The molecule has 0 heterocycles. The average molecular weight is 381 g/mol. The van der Waals surface area contributed by atoms with E-state index < -0.39 is 24.3 Å². The summed E-state index contributed by atoms with van der Waals surface area (Å²) in [4.78, 5) is 24.4. The summed E-state index contributed by atoms with van der Waals surface area (Å²) in [5.41, 5.74) is 0.499. The molecule has 6 heteroatoms. The molecule has 0 saturated carbocycles. The standard InChI is InChI=1S/C21H34NO5/c1-8-10-12-18(21(25)26-15-11-9-2)14-13-16(3)20(24)27-19(17(4)23)22(5,6)7/h8,10,12,14,17,19,23H,1,3,9,11,13,15H2,2,4-7H3/q+1. The molecule has 0 aromatic heterocycles. The molecule has 0 amide bonds. The summed E-state index contributed by atoms with van der Waals surface area (Å²) in [6, 6.07) is 0. The monoisotopic (exact) mass is 380 g/mol. The molecule has 0 bridgehead atoms. The van der Waals surface area contributed by atoms with Gasteiger partial charge in [0.2, 0.25) is 0 Å². The Bertz CT molecular complexity index is 582. The van der Waals surface area contributed by atoms with Gasteiger partial charge in [-0.25, -0.2) is 9.59 Å². The molecule has 0 aliphatic carbocycles. The predicted octanol–water partition coefficient (Wildman–Crippen LogP) is 2.90. The van der Waals surface area contributed by atoms with Gasteiger partial charge in [0.15, 0.2) is 0 Å². The Morgan fingerprint density at radius 1 is 1.22 bits per heavy atom. The lowest BCUT2D eigenvalue weighted by molar-refractivity contribution is -0.920. The molecule has 0 aliphatic rings. The highest BCUT2D eigenvalue weighted by Crippen LogP contribution is 2.15. The lowest BCUT2D eigenvalue weighted by atomic mass is 10.1. The minimum Gasteiger partial charge on any atom is -0.462 e. The van der Waals surface area contributed by atoms with Crippen LogP contribution in [0.5, 0.6) is 0 Å². The van der Waals surface area contributed by atoms with Gasteiger partial charge in [-0.05, 0) is 25.8 Å². The summed E-state index contributed by atoms with van der Waals surface area (Å²) in [6.07, 6.45) is 6.59. The van der Waals surface area contributed by atoms with Crippen LogP contribution in [0.3, 0.4) is 0 Å². The lowest BCUT2D eigenvalue weighted by Crippen LogP contribution is -2.53. The number of rotatable bonds is 12. The largest absolute Gasteiger partial charge is 0.462 e. The summed E-state index contributed by atoms with van der Waals surface area (Å²) in [7, 11) is 5.45. The Labute approximate surface area is 163 Å². The van der Waals surface area contributed by atoms with E-state index in [1.54, 1.807) is 31.2 Å². The van der Waals surface area contributed by atoms with E-state index in [1.165, 1.54) is 0 Å². The van der Waals surface area contributed by atoms with Crippen molar-refractivity contribution in [2.75, 3.05) is 27.7 Å². The highest BCUT2D eigenvalue weighted by atomic mass is 16.6. The Morgan fingerprint density at radius 3 is 2.33 bits per heavy atom. The van der Waals surface area contributed by atoms with Crippen LogP contribution in [-0.4, -0.2) is 61.6 Å². The van der Waals surface area contributed by atoms with E-state index in [9.17, 15) is 14.7 Å². The van der Waals surface area contributed by atoms with Crippen molar-refractivity contribution in [2.24, 2.45) is 0 Å². The zero-order valence-electron chi connectivity index (χ0n) is 17.2. The second-order valence-corrected chi connectivity index (χ2v) is 7.20. The van der Waals surface area contributed by atoms with Gasteiger partial charge >= 0.3 is 11.9 Å². The van der Waals surface area contributed by atoms with E-state index >= 15 is 0 Å². The van der Waals surface area contributed by atoms with E-state index in [0.717, 1.165) is 12.8 Å². The van der Waals surface area contributed by atoms with Crippen LogP contribution >= 0.6 is 0 Å². The normalized spacial score (nSPS) is 14.5. The van der Waals surface area contributed by atoms with Gasteiger partial charge in [0.25, 0.3) is 6.23 Å². The second-order valence-electron chi connectivity index (χ2n) is 7.20. The highest BCUT2D eigenvalue weighted by molar-refractivity contribution is 5.92. The summed E-state index contributed by atoms with van der Waals surface area (Å²) < 4.78 is 10.9. The van der Waals surface area contributed by atoms with E-state index in [0.29, 0.717) is 12.2 Å². The highest BCUT2D eigenvalue weighted by Gasteiger charge is 2.33. The maximum absolute atomic E-state index is 12.3. The number of aliphatic hydroxyl groups excluding tert-OH is 1. The molecule has 27 heavy (non-hydrogen) atoms. The summed E-state index contributed by atoms with van der Waals surface area (Å²) in [5.74, 6) is -1.08. The number of hydrogen-bond acceptors (Lipinski definition) is 5. The van der Waals surface area contributed by atoms with Crippen molar-refractivity contribution >= 4 is 11.9 Å². The van der Waals surface area contributed by atoms with Gasteiger partial charge in [0.1, 0.15) is 6.10 Å². The second kappa shape index (κ2) is 12.3. The third-order valence-electron chi connectivity index (χ3n) is 3.64. The first-order valence-corrected chi connectivity index (χ1v) is 9.08. The van der Waals surface area contributed by atoms with Gasteiger partial charge < -0.3 is 14.6 Å². The van der Waals surface area contributed by atoms with Crippen molar-refractivity contribution in [3.05, 3.63) is 48.6 Å². The molecule has 0 radical (unpaired) electrons. The maximum Gasteiger partial charge on any atom is 0.338 e. The van der Waals surface area contributed by atoms with Crippen LogP contribution in [-0.2, 0) is 19.1 Å². The molecular weight excluding hydrogens is 346 g/mol. The number of carbonyl (C=O) groups excluding carboxylic acids is 2. The molecule has 0 saturated heterocycles. The fourth-order valence-electron chi connectivity index (χ4n) is 2.20. The van der Waals surface area contributed by atoms with Crippen LogP contribution in [0.25, 0.3) is 0 Å². The van der Waals surface area contributed by atoms with Gasteiger partial charge in [-0.1, -0.05) is 44.7 Å². The molecule has 0 aromatic rings. The first-order chi connectivity index (χ1) is 12.5. The quantitative estimate of drug-likeness (QED) is 0.141. The fourth-order valence-corrected chi connectivity index (χ4v) is 2.20. The summed E-state index contributed by atoms with van der Waals surface area (Å²) >= 11 is 0. The Kier molecular flexibility index (Phi) is 11.3. The fraction of sp³-hybridized carbons (Fsp3) is 0.524. The number of ether oxygens (including phenoxy) is 2. The molecule has 0 aromatic carbocycles. The summed E-state index contributed by atoms with van der Waals surface area (Å²) in [6.45, 7) is 11.2. The van der Waals surface area contributed by atoms with Crippen molar-refractivity contribution in [1.29, 1.82) is 0 Å². The summed E-state index contributed by atoms with van der Waals surface area (Å²) in [5, 5.41) is 9.86. The van der Waals surface area contributed by atoms with E-state index in [2.05, 4.69) is 13.2 Å². The number of hydrogen-bond donors (Lipinski definition) is 1. The number of likely N-dealkylation sites (N-methyl/N-ethyl adjacent to an activating group) is 1. The van der Waals surface area contributed by atoms with Crippen LogP contribution in [0, 0.1) is 0 Å². The molecule has 2 unspecified atom stereocenters. The molecule has 6 nitrogen and oxygen atoms in total. The number of allylic oxidation sites excluding steroid dienone is 3. The van der Waals surface area contributed by atoms with Crippen molar-refractivity contribution in [3.8, 4) is 0 Å². The molecular formula is C21H34NO5+. The molecule has 0 rings (SSSR count). The van der Waals surface area contributed by atoms with Crippen LogP contribution in [0.15, 0.2) is 48.6 Å². The number of aliphatic hydroxyl groups is 1. The minimum atomic E-state index is -0.836. The van der Waals surface area contributed by atoms with E-state index in [4.69, 9.17) is 9.47 Å². The van der Waals surface area contributed by atoms with Gasteiger partial charge in [-0.15, -0.1) is 0 Å². The van der Waals surface area contributed by atoms with Crippen molar-refractivity contribution in [1.82, 2.24) is 0 Å². The number of carbonyl (C=O) groups is 2. The van der Waals surface area contributed by atoms with Crippen LogP contribution < -0.4 is 0 Å². The van der Waals surface area contributed by atoms with Crippen LogP contribution in [0.1, 0.15) is 33.1 Å². The predicted molar refractivity (Wildman–Crippen MR) is 107 cm³/mol. The van der Waals surface area contributed by atoms with Crippen molar-refractivity contribution < 1.29 is 28.7 Å². The first-order valence-electron chi connectivity index (χ1n) is 9.08. The smallest absolute Gasteiger partial charge is 0.338 e. The molecule has 0 fully saturated rings. The third kappa shape index (κ3) is 9.92. The topological polar surface area (TPSA) is 72.8 Å². The Hall–Kier alpha value is -2.18. The number of esters is 2. The van der Waals surface area contributed by atoms with Gasteiger partial charge in [0.05, 0.1) is 33.3 Å². The Morgan fingerprint density at radius 2 is 1.85 bits per heavy atom. The Balaban J connectivity index is 5.07. The van der Waals surface area contributed by atoms with Crippen LogP contribution in [0.2, 0.25) is 0 Å². The molecule has 1 N–H and O–H groups in total. The molecule has 0 spiro atoms. The zero-order chi connectivity index (χ0) is 21.0. The molecule has 152 valence electrons. The number of nitrogens with zero attached hydrogens (tertiary/aromatic N) is 1. The SMILES string of the molecule is C=CC=CC(=CCC(=C)C(=O)OC(C(C)O)[N+](C)(C)C)C(=O)OCCCC. The molecule has 2 atom stereocenters. The van der Waals surface area contributed by atoms with Gasteiger partial charge in [0, 0.05) is 5.57 Å². The van der Waals surface area contributed by atoms with E-state index in [-0.39, 0.29) is 16.5 Å². The number of quaternary nitrogens is 1. The zero-order valence-corrected chi connectivity index (χ0v) is 17.2. The first kappa shape index (κ1) is 24.8. The minimum absolute atomic E-state index is 0.127. The lowest BCUT2D eigenvalue weighted by Gasteiger charge is -2.34. The van der Waals surface area contributed by atoms with Gasteiger partial charge in [-0.3, -0.25) is 4.48 Å². The van der Waals surface area contributed by atoms with Crippen molar-refractivity contribution in [3.63, 3.8) is 0 Å². The maximum atomic E-state index is 12.3.